The van der Waals surface area contributed by atoms with Gasteiger partial charge in [-0.2, -0.15) is 0 Å². The van der Waals surface area contributed by atoms with Crippen molar-refractivity contribution in [3.05, 3.63) is 82.8 Å². The van der Waals surface area contributed by atoms with Crippen LogP contribution in [0.15, 0.2) is 54.7 Å². The number of ether oxygens (including phenoxy) is 1. The summed E-state index contributed by atoms with van der Waals surface area (Å²) in [5, 5.41) is 0. The molecule has 0 N–H and O–H groups in total. The summed E-state index contributed by atoms with van der Waals surface area (Å²) in [6.07, 6.45) is 3.22. The van der Waals surface area contributed by atoms with Crippen molar-refractivity contribution in [3.63, 3.8) is 0 Å². The molecule has 0 aliphatic carbocycles. The number of aryl methyl sites for hydroxylation is 2. The van der Waals surface area contributed by atoms with Crippen molar-refractivity contribution in [2.45, 2.75) is 72.6 Å². The third kappa shape index (κ3) is 6.68. The molecule has 37 heavy (non-hydrogen) atoms. The predicted molar refractivity (Wildman–Crippen MR) is 147 cm³/mol. The number of nitrogens with zero attached hydrogens (tertiary/aromatic N) is 3. The van der Waals surface area contributed by atoms with Gasteiger partial charge in [0.15, 0.2) is 0 Å². The first-order chi connectivity index (χ1) is 17.5. The van der Waals surface area contributed by atoms with Gasteiger partial charge in [-0.15, -0.1) is 0 Å². The molecule has 3 aromatic rings. The number of carbonyl (C=O) groups excluding carboxylic acids is 1. The summed E-state index contributed by atoms with van der Waals surface area (Å²) in [5.41, 5.74) is 7.47. The molecule has 0 bridgehead atoms. The molecule has 0 atom stereocenters. The standard InChI is InChI=1S/C31H38FN3O2/c1-21-17-25(18-22(2)23(21)3)29-19-24(11-14-33-29)20-35(27-9-7-26(32)8-10-27)28-12-15-34(16-13-28)30(36)37-31(4,5)6/h7-11,14,17-19,28H,12-13,15-16,20H2,1-6H3. The number of aromatic nitrogens is 1. The molecule has 0 radical (unpaired) electrons. The fraction of sp³-hybridized carbons (Fsp3) is 0.419. The average molecular weight is 504 g/mol. The predicted octanol–water partition coefficient (Wildman–Crippen LogP) is 7.22. The van der Waals surface area contributed by atoms with Crippen LogP contribution in [-0.2, 0) is 11.3 Å². The van der Waals surface area contributed by atoms with E-state index in [0.29, 0.717) is 19.6 Å². The third-order valence-corrected chi connectivity index (χ3v) is 7.12. The molecule has 1 aliphatic heterocycles. The van der Waals surface area contributed by atoms with Crippen LogP contribution in [0.3, 0.4) is 0 Å². The third-order valence-electron chi connectivity index (χ3n) is 7.12. The van der Waals surface area contributed by atoms with E-state index in [-0.39, 0.29) is 18.0 Å². The van der Waals surface area contributed by atoms with E-state index in [0.717, 1.165) is 35.3 Å². The van der Waals surface area contributed by atoms with Crippen molar-refractivity contribution in [1.82, 2.24) is 9.88 Å². The Kier molecular flexibility index (Phi) is 7.86. The van der Waals surface area contributed by atoms with Gasteiger partial charge in [0.25, 0.3) is 0 Å². The van der Waals surface area contributed by atoms with Gasteiger partial charge in [0, 0.05) is 43.1 Å². The highest BCUT2D eigenvalue weighted by Gasteiger charge is 2.30. The second kappa shape index (κ2) is 10.9. The largest absolute Gasteiger partial charge is 0.444 e. The van der Waals surface area contributed by atoms with Crippen LogP contribution in [0.25, 0.3) is 11.3 Å². The van der Waals surface area contributed by atoms with E-state index in [1.807, 2.05) is 45.2 Å². The van der Waals surface area contributed by atoms with Crippen molar-refractivity contribution in [1.29, 1.82) is 0 Å². The van der Waals surface area contributed by atoms with Crippen molar-refractivity contribution < 1.29 is 13.9 Å². The molecular formula is C31H38FN3O2. The fourth-order valence-electron chi connectivity index (χ4n) is 4.86. The number of likely N-dealkylation sites (tertiary alicyclic amines) is 1. The maximum absolute atomic E-state index is 13.7. The summed E-state index contributed by atoms with van der Waals surface area (Å²) >= 11 is 0. The van der Waals surface area contributed by atoms with Crippen LogP contribution in [0.2, 0.25) is 0 Å². The van der Waals surface area contributed by atoms with Gasteiger partial charge >= 0.3 is 6.09 Å². The number of hydrogen-bond donors (Lipinski definition) is 0. The van der Waals surface area contributed by atoms with Gasteiger partial charge in [-0.05, 0) is 125 Å². The number of benzene rings is 2. The number of amides is 1. The van der Waals surface area contributed by atoms with Gasteiger partial charge in [-0.25, -0.2) is 9.18 Å². The molecular weight excluding hydrogens is 465 g/mol. The smallest absolute Gasteiger partial charge is 0.410 e. The first-order valence-corrected chi connectivity index (χ1v) is 13.0. The van der Waals surface area contributed by atoms with E-state index < -0.39 is 5.60 Å². The van der Waals surface area contributed by atoms with Crippen LogP contribution in [0, 0.1) is 26.6 Å². The quantitative estimate of drug-likeness (QED) is 0.369. The number of pyridine rings is 1. The molecule has 2 aromatic carbocycles. The Morgan fingerprint density at radius 3 is 2.24 bits per heavy atom. The minimum absolute atomic E-state index is 0.213. The van der Waals surface area contributed by atoms with Crippen LogP contribution in [-0.4, -0.2) is 40.7 Å². The Morgan fingerprint density at radius 2 is 1.65 bits per heavy atom. The van der Waals surface area contributed by atoms with Crippen LogP contribution < -0.4 is 4.90 Å². The van der Waals surface area contributed by atoms with Crippen molar-refractivity contribution in [2.75, 3.05) is 18.0 Å². The van der Waals surface area contributed by atoms with Crippen molar-refractivity contribution in [3.8, 4) is 11.3 Å². The zero-order chi connectivity index (χ0) is 26.7. The summed E-state index contributed by atoms with van der Waals surface area (Å²) in [6.45, 7) is 14.0. The molecule has 5 nitrogen and oxygen atoms in total. The summed E-state index contributed by atoms with van der Waals surface area (Å²) < 4.78 is 19.3. The van der Waals surface area contributed by atoms with Gasteiger partial charge in [0.1, 0.15) is 11.4 Å². The number of anilines is 1. The van der Waals surface area contributed by atoms with Crippen molar-refractivity contribution >= 4 is 11.8 Å². The second-order valence-electron chi connectivity index (χ2n) is 11.1. The molecule has 1 aliphatic rings. The highest BCUT2D eigenvalue weighted by Crippen LogP contribution is 2.29. The molecule has 1 amide bonds. The number of carbonyl (C=O) groups is 1. The summed E-state index contributed by atoms with van der Waals surface area (Å²) in [5.74, 6) is -0.250. The van der Waals surface area contributed by atoms with Crippen LogP contribution >= 0.6 is 0 Å². The summed E-state index contributed by atoms with van der Waals surface area (Å²) in [4.78, 5) is 21.3. The van der Waals surface area contributed by atoms with E-state index in [9.17, 15) is 9.18 Å². The Bertz CT molecular complexity index is 1220. The first kappa shape index (κ1) is 26.6. The fourth-order valence-corrected chi connectivity index (χ4v) is 4.86. The van der Waals surface area contributed by atoms with E-state index in [4.69, 9.17) is 4.74 Å². The number of piperidine rings is 1. The Hall–Kier alpha value is -3.41. The highest BCUT2D eigenvalue weighted by molar-refractivity contribution is 5.68. The zero-order valence-electron chi connectivity index (χ0n) is 22.8. The topological polar surface area (TPSA) is 45.7 Å². The van der Waals surface area contributed by atoms with Gasteiger partial charge in [-0.3, -0.25) is 4.98 Å². The maximum Gasteiger partial charge on any atom is 0.410 e. The molecule has 0 saturated carbocycles. The molecule has 0 spiro atoms. The van der Waals surface area contributed by atoms with E-state index in [2.05, 4.69) is 48.9 Å². The van der Waals surface area contributed by atoms with Crippen LogP contribution in [0.1, 0.15) is 55.9 Å². The minimum Gasteiger partial charge on any atom is -0.444 e. The molecule has 1 saturated heterocycles. The maximum atomic E-state index is 13.7. The molecule has 1 fully saturated rings. The number of hydrogen-bond acceptors (Lipinski definition) is 4. The Labute approximate surface area is 220 Å². The molecule has 6 heteroatoms. The molecule has 0 unspecified atom stereocenters. The van der Waals surface area contributed by atoms with Gasteiger partial charge < -0.3 is 14.5 Å². The van der Waals surface area contributed by atoms with Gasteiger partial charge in [-0.1, -0.05) is 0 Å². The highest BCUT2D eigenvalue weighted by atomic mass is 19.1. The zero-order valence-corrected chi connectivity index (χ0v) is 22.8. The van der Waals surface area contributed by atoms with Gasteiger partial charge in [0.05, 0.1) is 5.69 Å². The average Bonchev–Trinajstić information content (AvgIpc) is 2.85. The molecule has 196 valence electrons. The Morgan fingerprint density at radius 1 is 1.03 bits per heavy atom. The van der Waals surface area contributed by atoms with E-state index >= 15 is 0 Å². The first-order valence-electron chi connectivity index (χ1n) is 13.0. The summed E-state index contributed by atoms with van der Waals surface area (Å²) in [6, 6.07) is 15.5. The monoisotopic (exact) mass is 503 g/mol. The SMILES string of the molecule is Cc1cc(-c2cc(CN(c3ccc(F)cc3)C3CCN(C(=O)OC(C)(C)C)CC3)ccn2)cc(C)c1C. The normalized spacial score (nSPS) is 14.5. The number of halogens is 1. The summed E-state index contributed by atoms with van der Waals surface area (Å²) in [7, 11) is 0. The lowest BCUT2D eigenvalue weighted by Crippen LogP contribution is -2.48. The molecule has 1 aromatic heterocycles. The van der Waals surface area contributed by atoms with E-state index in [1.54, 1.807) is 4.90 Å². The Balaban J connectivity index is 1.56. The van der Waals surface area contributed by atoms with E-state index in [1.165, 1.54) is 28.8 Å². The van der Waals surface area contributed by atoms with Crippen LogP contribution in [0.5, 0.6) is 0 Å². The molecule has 4 rings (SSSR count). The minimum atomic E-state index is -0.512. The lowest BCUT2D eigenvalue weighted by Gasteiger charge is -2.40. The lowest BCUT2D eigenvalue weighted by molar-refractivity contribution is 0.0204. The molecule has 2 heterocycles. The van der Waals surface area contributed by atoms with Gasteiger partial charge in [0.2, 0.25) is 0 Å². The second-order valence-corrected chi connectivity index (χ2v) is 11.1. The number of rotatable bonds is 5. The lowest BCUT2D eigenvalue weighted by atomic mass is 9.98. The van der Waals surface area contributed by atoms with Crippen LogP contribution in [0.4, 0.5) is 14.9 Å². The van der Waals surface area contributed by atoms with Crippen molar-refractivity contribution in [2.24, 2.45) is 0 Å².